The maximum atomic E-state index is 14.9. The molecule has 1 saturated heterocycles. The Kier molecular flexibility index (Phi) is 6.60. The Morgan fingerprint density at radius 3 is 2.45 bits per heavy atom. The molecule has 13 nitrogen and oxygen atoms in total. The van der Waals surface area contributed by atoms with E-state index in [2.05, 4.69) is 20.6 Å². The molecule has 2 aromatic carbocycles. The molecule has 0 aliphatic carbocycles. The molecule has 38 heavy (non-hydrogen) atoms. The van der Waals surface area contributed by atoms with Crippen molar-refractivity contribution in [3.8, 4) is 5.69 Å². The van der Waals surface area contributed by atoms with Gasteiger partial charge in [-0.15, -0.1) is 0 Å². The molecule has 2 amide bonds. The van der Waals surface area contributed by atoms with Crippen molar-refractivity contribution in [1.29, 1.82) is 0 Å². The fourth-order valence-corrected chi connectivity index (χ4v) is 4.19. The Hall–Kier alpha value is -5.01. The van der Waals surface area contributed by atoms with Crippen molar-refractivity contribution in [2.75, 3.05) is 26.2 Å². The number of aromatic amines is 1. The number of hydrogen-bond acceptors (Lipinski definition) is 8. The number of nitrogens with zero attached hydrogens (tertiary/aromatic N) is 7. The molecule has 0 saturated carbocycles. The van der Waals surface area contributed by atoms with Gasteiger partial charge in [0.15, 0.2) is 10.9 Å². The molecule has 1 N–H and O–H groups in total. The van der Waals surface area contributed by atoms with Crippen molar-refractivity contribution in [3.05, 3.63) is 65.6 Å². The van der Waals surface area contributed by atoms with Crippen LogP contribution in [0.4, 0.5) is 4.39 Å². The van der Waals surface area contributed by atoms with E-state index in [9.17, 15) is 23.6 Å². The highest BCUT2D eigenvalue weighted by Gasteiger charge is 2.32. The summed E-state index contributed by atoms with van der Waals surface area (Å²) in [5.74, 6) is -3.06. The fraction of sp³-hybridized carbons (Fsp3) is 0.250. The van der Waals surface area contributed by atoms with Crippen molar-refractivity contribution in [1.82, 2.24) is 35.2 Å². The van der Waals surface area contributed by atoms with Gasteiger partial charge in [0.2, 0.25) is 0 Å². The quantitative estimate of drug-likeness (QED) is 0.164. The normalized spacial score (nSPS) is 13.5. The molecule has 14 heteroatoms. The average molecular weight is 521 g/mol. The Labute approximate surface area is 214 Å². The van der Waals surface area contributed by atoms with Crippen molar-refractivity contribution in [2.24, 2.45) is 0 Å². The number of rotatable bonds is 6. The van der Waals surface area contributed by atoms with Crippen LogP contribution in [0.2, 0.25) is 0 Å². The number of nitrogens with one attached hydrogen (secondary N) is 1. The summed E-state index contributed by atoms with van der Waals surface area (Å²) in [5, 5.41) is 11.5. The molecule has 5 rings (SSSR count). The lowest BCUT2D eigenvalue weighted by molar-refractivity contribution is -0.832. The first-order valence-corrected chi connectivity index (χ1v) is 11.6. The van der Waals surface area contributed by atoms with Gasteiger partial charge in [-0.1, -0.05) is 18.2 Å². The van der Waals surface area contributed by atoms with E-state index in [1.165, 1.54) is 24.1 Å². The maximum absolute atomic E-state index is 14.9. The Balaban J connectivity index is 1.33. The number of esters is 1. The molecule has 0 unspecified atom stereocenters. The van der Waals surface area contributed by atoms with Gasteiger partial charge in [-0.2, -0.15) is 0 Å². The van der Waals surface area contributed by atoms with Gasteiger partial charge in [0.25, 0.3) is 24.3 Å². The van der Waals surface area contributed by atoms with Crippen LogP contribution >= 0.6 is 0 Å². The first-order valence-electron chi connectivity index (χ1n) is 11.6. The van der Waals surface area contributed by atoms with Crippen molar-refractivity contribution in [3.63, 3.8) is 0 Å². The number of ketones is 1. The lowest BCUT2D eigenvalue weighted by Gasteiger charge is -2.34. The molecule has 0 atom stereocenters. The number of fused-ring (bicyclic) bond motifs is 1. The number of aromatic nitrogens is 6. The number of hydrogen-bond donors (Lipinski definition) is 1. The van der Waals surface area contributed by atoms with Crippen LogP contribution in [-0.2, 0) is 21.1 Å². The SMILES string of the molecule is CC(=O)OC[n+]1nnn(-c2ccc(F)c3c(C(=O)C(=O)N4CCN(C(=O)c5ccccc5)CC4)c[nH]c23)n1. The lowest BCUT2D eigenvalue weighted by Crippen LogP contribution is -2.52. The predicted octanol–water partition coefficient (Wildman–Crippen LogP) is 0.258. The van der Waals surface area contributed by atoms with E-state index < -0.39 is 23.5 Å². The van der Waals surface area contributed by atoms with Crippen LogP contribution in [0.1, 0.15) is 27.6 Å². The third-order valence-corrected chi connectivity index (χ3v) is 6.09. The summed E-state index contributed by atoms with van der Waals surface area (Å²) in [7, 11) is 0. The highest BCUT2D eigenvalue weighted by atomic mass is 19.1. The molecule has 1 aliphatic rings. The van der Waals surface area contributed by atoms with Gasteiger partial charge in [0.1, 0.15) is 11.0 Å². The first kappa shape index (κ1) is 24.7. The molecule has 1 fully saturated rings. The highest BCUT2D eigenvalue weighted by molar-refractivity contribution is 6.45. The molecule has 3 heterocycles. The molecule has 2 aromatic heterocycles. The smallest absolute Gasteiger partial charge is 0.305 e. The molecule has 4 aromatic rings. The number of halogens is 1. The van der Waals surface area contributed by atoms with E-state index in [0.29, 0.717) is 5.56 Å². The van der Waals surface area contributed by atoms with E-state index in [1.807, 2.05) is 6.07 Å². The third-order valence-electron chi connectivity index (χ3n) is 6.09. The Bertz CT molecular complexity index is 1540. The van der Waals surface area contributed by atoms with Crippen molar-refractivity contribution >= 4 is 34.5 Å². The lowest BCUT2D eigenvalue weighted by atomic mass is 10.1. The van der Waals surface area contributed by atoms with Crippen LogP contribution < -0.4 is 4.80 Å². The van der Waals surface area contributed by atoms with Crippen LogP contribution in [0, 0.1) is 5.82 Å². The number of carbonyl (C=O) groups is 4. The summed E-state index contributed by atoms with van der Waals surface area (Å²) in [6.07, 6.45) is 1.26. The van der Waals surface area contributed by atoms with Crippen LogP contribution in [-0.4, -0.2) is 85.0 Å². The minimum atomic E-state index is -0.883. The number of ether oxygens (including phenoxy) is 1. The van der Waals surface area contributed by atoms with Gasteiger partial charge < -0.3 is 19.5 Å². The summed E-state index contributed by atoms with van der Waals surface area (Å²) in [6.45, 7) is 1.84. The van der Waals surface area contributed by atoms with E-state index in [1.54, 1.807) is 29.2 Å². The second-order valence-corrected chi connectivity index (χ2v) is 8.49. The van der Waals surface area contributed by atoms with Crippen LogP contribution in [0.3, 0.4) is 0 Å². The topological polar surface area (TPSA) is 147 Å². The van der Waals surface area contributed by atoms with Gasteiger partial charge >= 0.3 is 5.97 Å². The number of Topliss-reactive ketones (excluding diaryl/α,β-unsaturated/α-hetero) is 1. The second-order valence-electron chi connectivity index (χ2n) is 8.49. The standard InChI is InChI=1S/C24H21FN8O5/c1-15(34)38-14-32-27-28-33(29-32)19-8-7-18(25)20-17(13-26-21(19)20)22(35)24(37)31-11-9-30(10-12-31)23(36)16-5-3-2-4-6-16/h2-8,13H,9-12,14H2,1H3/p+1. The molecule has 0 bridgehead atoms. The molecule has 1 aliphatic heterocycles. The van der Waals surface area contributed by atoms with Crippen LogP contribution in [0.25, 0.3) is 16.6 Å². The average Bonchev–Trinajstić information content (AvgIpc) is 3.60. The van der Waals surface area contributed by atoms with Gasteiger partial charge in [-0.3, -0.25) is 19.2 Å². The summed E-state index contributed by atoms with van der Waals surface area (Å²) >= 11 is 0. The number of H-pyrrole nitrogens is 1. The maximum Gasteiger partial charge on any atom is 0.305 e. The summed E-state index contributed by atoms with van der Waals surface area (Å²) in [4.78, 5) is 57.7. The van der Waals surface area contributed by atoms with Gasteiger partial charge in [0, 0.05) is 49.7 Å². The van der Waals surface area contributed by atoms with Gasteiger partial charge in [-0.25, -0.2) is 4.39 Å². The van der Waals surface area contributed by atoms with Crippen LogP contribution in [0.5, 0.6) is 0 Å². The number of carbonyl (C=O) groups excluding carboxylic acids is 4. The number of piperazine rings is 1. The zero-order chi connectivity index (χ0) is 26.8. The largest absolute Gasteiger partial charge is 0.427 e. The molecule has 194 valence electrons. The Morgan fingerprint density at radius 2 is 1.74 bits per heavy atom. The van der Waals surface area contributed by atoms with E-state index >= 15 is 0 Å². The van der Waals surface area contributed by atoms with Gasteiger partial charge in [-0.05, 0) is 29.1 Å². The van der Waals surface area contributed by atoms with Crippen LogP contribution in [0.15, 0.2) is 48.7 Å². The van der Waals surface area contributed by atoms with E-state index in [4.69, 9.17) is 4.74 Å². The molecular weight excluding hydrogens is 499 g/mol. The van der Waals surface area contributed by atoms with E-state index in [0.717, 1.165) is 15.7 Å². The van der Waals surface area contributed by atoms with Gasteiger partial charge in [0.05, 0.1) is 21.7 Å². The van der Waals surface area contributed by atoms with Crippen molar-refractivity contribution in [2.45, 2.75) is 13.7 Å². The first-order chi connectivity index (χ1) is 18.3. The second kappa shape index (κ2) is 10.2. The molecule has 0 spiro atoms. The van der Waals surface area contributed by atoms with E-state index in [-0.39, 0.29) is 61.0 Å². The summed E-state index contributed by atoms with van der Waals surface area (Å²) < 4.78 is 19.7. The highest BCUT2D eigenvalue weighted by Crippen LogP contribution is 2.27. The molecular formula is C24H22FN8O5+. The fourth-order valence-electron chi connectivity index (χ4n) is 4.19. The zero-order valence-electron chi connectivity index (χ0n) is 20.2. The summed E-state index contributed by atoms with van der Waals surface area (Å²) in [6, 6.07) is 11.3. The predicted molar refractivity (Wildman–Crippen MR) is 126 cm³/mol. The minimum absolute atomic E-state index is 0.0948. The summed E-state index contributed by atoms with van der Waals surface area (Å²) in [5.41, 5.74) is 0.846. The number of benzene rings is 2. The monoisotopic (exact) mass is 521 g/mol. The zero-order valence-corrected chi connectivity index (χ0v) is 20.2. The third kappa shape index (κ3) is 4.70. The number of amides is 2. The molecule has 0 radical (unpaired) electrons. The Morgan fingerprint density at radius 1 is 1.03 bits per heavy atom. The van der Waals surface area contributed by atoms with Crippen molar-refractivity contribution < 1.29 is 33.1 Å². The minimum Gasteiger partial charge on any atom is -0.427 e.